The van der Waals surface area contributed by atoms with Gasteiger partial charge in [0.2, 0.25) is 0 Å². The molecule has 0 unspecified atom stereocenters. The molecule has 0 bridgehead atoms. The lowest BCUT2D eigenvalue weighted by molar-refractivity contribution is -0.0518. The summed E-state index contributed by atoms with van der Waals surface area (Å²) in [5, 5.41) is 3.05. The van der Waals surface area contributed by atoms with Crippen molar-refractivity contribution in [2.45, 2.75) is 20.1 Å². The average molecular weight is 231 g/mol. The van der Waals surface area contributed by atoms with E-state index in [1.54, 1.807) is 18.2 Å². The highest BCUT2D eigenvalue weighted by atomic mass is 19.3. The van der Waals surface area contributed by atoms with E-state index in [4.69, 9.17) is 4.74 Å². The molecule has 1 aromatic rings. The predicted molar refractivity (Wildman–Crippen MR) is 57.0 cm³/mol. The van der Waals surface area contributed by atoms with Crippen LogP contribution in [0.1, 0.15) is 12.5 Å². The van der Waals surface area contributed by atoms with Crippen LogP contribution in [0.15, 0.2) is 18.2 Å². The fourth-order valence-corrected chi connectivity index (χ4v) is 1.34. The number of methoxy groups -OCH3 is 1. The molecule has 0 fully saturated rings. The van der Waals surface area contributed by atoms with Crippen molar-refractivity contribution >= 4 is 0 Å². The van der Waals surface area contributed by atoms with Gasteiger partial charge in [0.15, 0.2) is 11.5 Å². The molecule has 1 rings (SSSR count). The van der Waals surface area contributed by atoms with E-state index >= 15 is 0 Å². The van der Waals surface area contributed by atoms with Crippen molar-refractivity contribution in [2.24, 2.45) is 0 Å². The average Bonchev–Trinajstić information content (AvgIpc) is 2.27. The molecule has 0 saturated carbocycles. The number of hydrogen-bond acceptors (Lipinski definition) is 3. The fourth-order valence-electron chi connectivity index (χ4n) is 1.34. The van der Waals surface area contributed by atoms with E-state index in [0.717, 1.165) is 6.54 Å². The highest BCUT2D eigenvalue weighted by Crippen LogP contribution is 2.32. The molecule has 0 heterocycles. The molecule has 0 aliphatic rings. The van der Waals surface area contributed by atoms with Crippen LogP contribution in [0.25, 0.3) is 0 Å². The number of nitrogens with one attached hydrogen (secondary N) is 1. The molecule has 1 aromatic carbocycles. The smallest absolute Gasteiger partial charge is 0.387 e. The molecule has 0 aliphatic carbocycles. The summed E-state index contributed by atoms with van der Waals surface area (Å²) in [5.41, 5.74) is 0.654. The summed E-state index contributed by atoms with van der Waals surface area (Å²) >= 11 is 0. The third-order valence-corrected chi connectivity index (χ3v) is 2.05. The maximum atomic E-state index is 12.2. The van der Waals surface area contributed by atoms with E-state index in [2.05, 4.69) is 10.1 Å². The second kappa shape index (κ2) is 6.27. The van der Waals surface area contributed by atoms with E-state index in [1.807, 2.05) is 6.92 Å². The first-order chi connectivity index (χ1) is 7.69. The summed E-state index contributed by atoms with van der Waals surface area (Å²) in [6.07, 6.45) is 0. The van der Waals surface area contributed by atoms with Crippen molar-refractivity contribution in [3.63, 3.8) is 0 Å². The molecule has 0 atom stereocenters. The fraction of sp³-hybridized carbons (Fsp3) is 0.455. The highest BCUT2D eigenvalue weighted by Gasteiger charge is 2.14. The van der Waals surface area contributed by atoms with Crippen LogP contribution in [0.2, 0.25) is 0 Å². The first-order valence-corrected chi connectivity index (χ1v) is 5.00. The number of halogens is 2. The van der Waals surface area contributed by atoms with Crippen LogP contribution in [-0.4, -0.2) is 20.3 Å². The second-order valence-electron chi connectivity index (χ2n) is 3.11. The number of benzene rings is 1. The van der Waals surface area contributed by atoms with E-state index in [0.29, 0.717) is 17.9 Å². The van der Waals surface area contributed by atoms with Gasteiger partial charge in [-0.1, -0.05) is 19.1 Å². The van der Waals surface area contributed by atoms with E-state index in [9.17, 15) is 8.78 Å². The standard InChI is InChI=1S/C11H15F2NO2/c1-3-14-7-8-5-4-6-9(15-2)10(8)16-11(12)13/h4-6,11,14H,3,7H2,1-2H3. The van der Waals surface area contributed by atoms with Crippen molar-refractivity contribution < 1.29 is 18.3 Å². The SMILES string of the molecule is CCNCc1cccc(OC)c1OC(F)F. The topological polar surface area (TPSA) is 30.5 Å². The molecule has 90 valence electrons. The largest absolute Gasteiger partial charge is 0.493 e. The second-order valence-corrected chi connectivity index (χ2v) is 3.11. The number of para-hydroxylation sites is 1. The van der Waals surface area contributed by atoms with Gasteiger partial charge in [-0.3, -0.25) is 0 Å². The molecule has 16 heavy (non-hydrogen) atoms. The Kier molecular flexibility index (Phi) is 4.98. The molecule has 0 aromatic heterocycles. The Morgan fingerprint density at radius 1 is 1.38 bits per heavy atom. The zero-order valence-corrected chi connectivity index (χ0v) is 9.30. The van der Waals surface area contributed by atoms with Crippen molar-refractivity contribution in [1.82, 2.24) is 5.32 Å². The molecule has 0 amide bonds. The number of alkyl halides is 2. The quantitative estimate of drug-likeness (QED) is 0.815. The van der Waals surface area contributed by atoms with E-state index in [-0.39, 0.29) is 5.75 Å². The Labute approximate surface area is 93.4 Å². The predicted octanol–water partition coefficient (Wildman–Crippen LogP) is 2.41. The Morgan fingerprint density at radius 2 is 2.12 bits per heavy atom. The molecule has 3 nitrogen and oxygen atoms in total. The summed E-state index contributed by atoms with van der Waals surface area (Å²) in [7, 11) is 1.42. The third-order valence-electron chi connectivity index (χ3n) is 2.05. The lowest BCUT2D eigenvalue weighted by Crippen LogP contribution is -2.14. The van der Waals surface area contributed by atoms with Gasteiger partial charge < -0.3 is 14.8 Å². The minimum Gasteiger partial charge on any atom is -0.493 e. The van der Waals surface area contributed by atoms with Crippen molar-refractivity contribution in [3.05, 3.63) is 23.8 Å². The number of rotatable bonds is 6. The van der Waals surface area contributed by atoms with Crippen LogP contribution in [0, 0.1) is 0 Å². The van der Waals surface area contributed by atoms with Crippen LogP contribution in [0.4, 0.5) is 8.78 Å². The van der Waals surface area contributed by atoms with Crippen LogP contribution < -0.4 is 14.8 Å². The molecule has 5 heteroatoms. The van der Waals surface area contributed by atoms with E-state index < -0.39 is 6.61 Å². The van der Waals surface area contributed by atoms with Gasteiger partial charge in [-0.25, -0.2) is 0 Å². The highest BCUT2D eigenvalue weighted by molar-refractivity contribution is 5.46. The molecule has 0 spiro atoms. The monoisotopic (exact) mass is 231 g/mol. The molecule has 1 N–H and O–H groups in total. The van der Waals surface area contributed by atoms with Gasteiger partial charge in [0.1, 0.15) is 0 Å². The molecular formula is C11H15F2NO2. The zero-order chi connectivity index (χ0) is 12.0. The molecule has 0 aliphatic heterocycles. The van der Waals surface area contributed by atoms with Crippen LogP contribution in [0.3, 0.4) is 0 Å². The van der Waals surface area contributed by atoms with Crippen LogP contribution in [-0.2, 0) is 6.54 Å². The Morgan fingerprint density at radius 3 is 2.69 bits per heavy atom. The minimum absolute atomic E-state index is 0.0981. The van der Waals surface area contributed by atoms with Gasteiger partial charge in [0.05, 0.1) is 7.11 Å². The normalized spacial score (nSPS) is 10.6. The minimum atomic E-state index is -2.85. The van der Waals surface area contributed by atoms with Crippen molar-refractivity contribution in [2.75, 3.05) is 13.7 Å². The Hall–Kier alpha value is -1.36. The molecule has 0 radical (unpaired) electrons. The number of ether oxygens (including phenoxy) is 2. The van der Waals surface area contributed by atoms with Crippen LogP contribution in [0.5, 0.6) is 11.5 Å². The van der Waals surface area contributed by atoms with Crippen molar-refractivity contribution in [1.29, 1.82) is 0 Å². The van der Waals surface area contributed by atoms with Gasteiger partial charge in [0, 0.05) is 12.1 Å². The maximum absolute atomic E-state index is 12.2. The Balaban J connectivity index is 2.95. The molecule has 0 saturated heterocycles. The van der Waals surface area contributed by atoms with E-state index in [1.165, 1.54) is 7.11 Å². The van der Waals surface area contributed by atoms with Gasteiger partial charge in [0.25, 0.3) is 0 Å². The molecular weight excluding hydrogens is 216 g/mol. The number of hydrogen-bond donors (Lipinski definition) is 1. The summed E-state index contributed by atoms with van der Waals surface area (Å²) in [6, 6.07) is 5.06. The lowest BCUT2D eigenvalue weighted by atomic mass is 10.2. The van der Waals surface area contributed by atoms with Gasteiger partial charge in [-0.15, -0.1) is 0 Å². The first kappa shape index (κ1) is 12.7. The lowest BCUT2D eigenvalue weighted by Gasteiger charge is -2.14. The van der Waals surface area contributed by atoms with Gasteiger partial charge in [-0.05, 0) is 12.6 Å². The third kappa shape index (κ3) is 3.34. The Bertz CT molecular complexity index is 332. The summed E-state index contributed by atoms with van der Waals surface area (Å²) in [5.74, 6) is 0.414. The van der Waals surface area contributed by atoms with Crippen molar-refractivity contribution in [3.8, 4) is 11.5 Å². The van der Waals surface area contributed by atoms with Crippen LogP contribution >= 0.6 is 0 Å². The summed E-state index contributed by atoms with van der Waals surface area (Å²) in [4.78, 5) is 0. The van der Waals surface area contributed by atoms with Gasteiger partial charge >= 0.3 is 6.61 Å². The first-order valence-electron chi connectivity index (χ1n) is 5.00. The van der Waals surface area contributed by atoms with Gasteiger partial charge in [-0.2, -0.15) is 8.78 Å². The summed E-state index contributed by atoms with van der Waals surface area (Å²) < 4.78 is 33.9. The maximum Gasteiger partial charge on any atom is 0.387 e. The zero-order valence-electron chi connectivity index (χ0n) is 9.30. The summed E-state index contributed by atoms with van der Waals surface area (Å²) in [6.45, 7) is 0.311.